The summed E-state index contributed by atoms with van der Waals surface area (Å²) in [6.07, 6.45) is 1.91. The second-order valence-electron chi connectivity index (χ2n) is 5.63. The average molecular weight is 333 g/mol. The molecule has 3 aromatic rings. The molecule has 1 heterocycles. The number of rotatable bonds is 4. The average Bonchev–Trinajstić information content (AvgIpc) is 2.99. The zero-order valence-electron chi connectivity index (χ0n) is 14.1. The topological polar surface area (TPSA) is 85.2 Å². The fourth-order valence-electron chi connectivity index (χ4n) is 2.56. The first kappa shape index (κ1) is 16.4. The molecule has 2 aromatic carbocycles. The van der Waals surface area contributed by atoms with Crippen LogP contribution in [0.25, 0.3) is 10.9 Å². The molecule has 0 bridgehead atoms. The Balaban J connectivity index is 1.75. The Morgan fingerprint density at radius 3 is 2.72 bits per heavy atom. The molecule has 0 saturated carbocycles. The minimum Gasteiger partial charge on any atom is -0.497 e. The molecule has 0 unspecified atom stereocenters. The van der Waals surface area contributed by atoms with E-state index in [0.29, 0.717) is 12.5 Å². The van der Waals surface area contributed by atoms with Gasteiger partial charge in [0.1, 0.15) is 5.75 Å². The molecule has 126 valence electrons. The van der Waals surface area contributed by atoms with Crippen LogP contribution in [0.2, 0.25) is 0 Å². The third kappa shape index (κ3) is 4.09. The molecule has 6 heteroatoms. The van der Waals surface area contributed by atoms with Crippen molar-refractivity contribution in [3.63, 3.8) is 0 Å². The molecule has 0 saturated heterocycles. The van der Waals surface area contributed by atoms with E-state index in [1.165, 1.54) is 0 Å². The van der Waals surface area contributed by atoms with Crippen molar-refractivity contribution >= 4 is 22.5 Å². The van der Waals surface area contributed by atoms with Crippen molar-refractivity contribution in [1.29, 1.82) is 5.26 Å². The summed E-state index contributed by atoms with van der Waals surface area (Å²) < 4.78 is 5.14. The molecule has 1 aromatic heterocycles. The summed E-state index contributed by atoms with van der Waals surface area (Å²) in [5, 5.41) is 15.8. The number of aryl methyl sites for hydroxylation is 1. The first-order chi connectivity index (χ1) is 12.2. The van der Waals surface area contributed by atoms with Crippen LogP contribution in [0.15, 0.2) is 53.5 Å². The number of fused-ring (bicyclic) bond motifs is 1. The highest BCUT2D eigenvalue weighted by Gasteiger charge is 2.03. The highest BCUT2D eigenvalue weighted by Crippen LogP contribution is 2.20. The van der Waals surface area contributed by atoms with E-state index in [1.54, 1.807) is 7.11 Å². The monoisotopic (exact) mass is 333 g/mol. The van der Waals surface area contributed by atoms with Crippen LogP contribution in [0.1, 0.15) is 11.3 Å². The number of nitrogens with zero attached hydrogens (tertiary/aromatic N) is 2. The van der Waals surface area contributed by atoms with Gasteiger partial charge in [0.2, 0.25) is 5.96 Å². The number of aliphatic imine (C=N–C) groups is 1. The minimum absolute atomic E-state index is 0.407. The number of methoxy groups -OCH3 is 1. The van der Waals surface area contributed by atoms with E-state index in [4.69, 9.17) is 10.00 Å². The highest BCUT2D eigenvalue weighted by molar-refractivity contribution is 5.96. The van der Waals surface area contributed by atoms with Gasteiger partial charge in [0.05, 0.1) is 13.7 Å². The fourth-order valence-corrected chi connectivity index (χ4v) is 2.56. The van der Waals surface area contributed by atoms with Crippen LogP contribution in [-0.4, -0.2) is 18.1 Å². The molecule has 0 aliphatic rings. The molecule has 0 spiro atoms. The molecule has 3 N–H and O–H groups in total. The Bertz CT molecular complexity index is 935. The van der Waals surface area contributed by atoms with Crippen molar-refractivity contribution < 1.29 is 4.74 Å². The number of aromatic nitrogens is 1. The SMILES string of the molecule is COc1ccc(CN=C(NC#N)Nc2ccc3[nH]c(C)cc3c2)cc1. The van der Waals surface area contributed by atoms with Crippen molar-refractivity contribution in [2.75, 3.05) is 12.4 Å². The third-order valence-electron chi connectivity index (χ3n) is 3.77. The van der Waals surface area contributed by atoms with Crippen LogP contribution in [0, 0.1) is 18.4 Å². The van der Waals surface area contributed by atoms with Gasteiger partial charge in [0, 0.05) is 22.3 Å². The molecule has 0 radical (unpaired) electrons. The van der Waals surface area contributed by atoms with Gasteiger partial charge < -0.3 is 15.0 Å². The maximum atomic E-state index is 8.95. The van der Waals surface area contributed by atoms with Crippen molar-refractivity contribution in [2.24, 2.45) is 4.99 Å². The van der Waals surface area contributed by atoms with E-state index in [-0.39, 0.29) is 0 Å². The lowest BCUT2D eigenvalue weighted by Gasteiger charge is -2.08. The third-order valence-corrected chi connectivity index (χ3v) is 3.77. The van der Waals surface area contributed by atoms with E-state index in [9.17, 15) is 0 Å². The molecule has 0 fully saturated rings. The number of benzene rings is 2. The van der Waals surface area contributed by atoms with E-state index in [0.717, 1.165) is 33.6 Å². The van der Waals surface area contributed by atoms with Gasteiger partial charge in [-0.05, 0) is 48.9 Å². The van der Waals surface area contributed by atoms with Crippen LogP contribution in [0.5, 0.6) is 5.75 Å². The maximum Gasteiger partial charge on any atom is 0.209 e. The molecule has 0 aliphatic carbocycles. The predicted molar refractivity (Wildman–Crippen MR) is 99.5 cm³/mol. The summed E-state index contributed by atoms with van der Waals surface area (Å²) >= 11 is 0. The van der Waals surface area contributed by atoms with Crippen molar-refractivity contribution in [3.05, 3.63) is 59.8 Å². The molecule has 25 heavy (non-hydrogen) atoms. The molecule has 0 amide bonds. The summed E-state index contributed by atoms with van der Waals surface area (Å²) in [6.45, 7) is 2.47. The van der Waals surface area contributed by atoms with Crippen molar-refractivity contribution in [1.82, 2.24) is 10.3 Å². The van der Waals surface area contributed by atoms with Gasteiger partial charge >= 0.3 is 0 Å². The standard InChI is InChI=1S/C19H19N5O/c1-13-9-15-10-16(5-8-18(15)23-13)24-19(22-12-20)21-11-14-3-6-17(25-2)7-4-14/h3-10,23H,11H2,1-2H3,(H2,21,22,24). The van der Waals surface area contributed by atoms with Gasteiger partial charge in [0.15, 0.2) is 6.19 Å². The van der Waals surface area contributed by atoms with Gasteiger partial charge in [-0.25, -0.2) is 4.99 Å². The zero-order valence-corrected chi connectivity index (χ0v) is 14.1. The normalized spacial score (nSPS) is 11.2. The summed E-state index contributed by atoms with van der Waals surface area (Å²) in [4.78, 5) is 7.73. The van der Waals surface area contributed by atoms with Crippen LogP contribution >= 0.6 is 0 Å². The Labute approximate surface area is 146 Å². The van der Waals surface area contributed by atoms with Crippen LogP contribution in [-0.2, 0) is 6.54 Å². The number of aromatic amines is 1. The van der Waals surface area contributed by atoms with Gasteiger partial charge in [-0.2, -0.15) is 5.26 Å². The van der Waals surface area contributed by atoms with Gasteiger partial charge in [-0.15, -0.1) is 0 Å². The molecular weight excluding hydrogens is 314 g/mol. The number of H-pyrrole nitrogens is 1. The number of anilines is 1. The van der Waals surface area contributed by atoms with Gasteiger partial charge in [0.25, 0.3) is 0 Å². The Hall–Kier alpha value is -3.46. The Morgan fingerprint density at radius 1 is 1.20 bits per heavy atom. The highest BCUT2D eigenvalue weighted by atomic mass is 16.5. The smallest absolute Gasteiger partial charge is 0.209 e. The minimum atomic E-state index is 0.407. The zero-order chi connectivity index (χ0) is 17.6. The lowest BCUT2D eigenvalue weighted by Crippen LogP contribution is -2.26. The molecule has 6 nitrogen and oxygen atoms in total. The molecule has 0 atom stereocenters. The second kappa shape index (κ2) is 7.41. The summed E-state index contributed by atoms with van der Waals surface area (Å²) in [5.74, 6) is 1.21. The summed E-state index contributed by atoms with van der Waals surface area (Å²) in [7, 11) is 1.63. The fraction of sp³-hybridized carbons (Fsp3) is 0.158. The molecule has 0 aliphatic heterocycles. The first-order valence-corrected chi connectivity index (χ1v) is 7.87. The van der Waals surface area contributed by atoms with Crippen molar-refractivity contribution in [2.45, 2.75) is 13.5 Å². The van der Waals surface area contributed by atoms with E-state index < -0.39 is 0 Å². The van der Waals surface area contributed by atoms with Crippen LogP contribution < -0.4 is 15.4 Å². The Kier molecular flexibility index (Phi) is 4.86. The number of hydrogen-bond donors (Lipinski definition) is 3. The molecule has 3 rings (SSSR count). The number of guanidine groups is 1. The lowest BCUT2D eigenvalue weighted by molar-refractivity contribution is 0.414. The van der Waals surface area contributed by atoms with Crippen LogP contribution in [0.4, 0.5) is 5.69 Å². The van der Waals surface area contributed by atoms with E-state index >= 15 is 0 Å². The summed E-state index contributed by atoms with van der Waals surface area (Å²) in [5.41, 5.74) is 4.07. The van der Waals surface area contributed by atoms with Gasteiger partial charge in [-0.3, -0.25) is 5.32 Å². The summed E-state index contributed by atoms with van der Waals surface area (Å²) in [6, 6.07) is 15.7. The number of ether oxygens (including phenoxy) is 1. The number of nitriles is 1. The van der Waals surface area contributed by atoms with Gasteiger partial charge in [-0.1, -0.05) is 12.1 Å². The quantitative estimate of drug-likeness (QED) is 0.295. The number of hydrogen-bond acceptors (Lipinski definition) is 3. The maximum absolute atomic E-state index is 8.95. The Morgan fingerprint density at radius 2 is 2.00 bits per heavy atom. The van der Waals surface area contributed by atoms with E-state index in [1.807, 2.05) is 55.6 Å². The molecular formula is C19H19N5O. The first-order valence-electron chi connectivity index (χ1n) is 7.87. The van der Waals surface area contributed by atoms with Crippen LogP contribution in [0.3, 0.4) is 0 Å². The van der Waals surface area contributed by atoms with E-state index in [2.05, 4.69) is 26.7 Å². The number of nitrogens with one attached hydrogen (secondary N) is 3. The second-order valence-corrected chi connectivity index (χ2v) is 5.63. The van der Waals surface area contributed by atoms with Crippen molar-refractivity contribution in [3.8, 4) is 11.9 Å². The largest absolute Gasteiger partial charge is 0.497 e. The lowest BCUT2D eigenvalue weighted by atomic mass is 10.2. The predicted octanol–water partition coefficient (Wildman–Crippen LogP) is 3.52.